The lowest BCUT2D eigenvalue weighted by atomic mass is 10.1. The molecule has 0 saturated heterocycles. The summed E-state index contributed by atoms with van der Waals surface area (Å²) in [5, 5.41) is 17.8. The fourth-order valence-corrected chi connectivity index (χ4v) is 3.34. The summed E-state index contributed by atoms with van der Waals surface area (Å²) in [5.41, 5.74) is -0.0944. The Bertz CT molecular complexity index is 1310. The van der Waals surface area contributed by atoms with Crippen molar-refractivity contribution >= 4 is 23.2 Å². The Kier molecular flexibility index (Phi) is 5.43. The molecule has 0 saturated carbocycles. The van der Waals surface area contributed by atoms with Crippen molar-refractivity contribution in [1.29, 1.82) is 0 Å². The number of halogens is 4. The maximum Gasteiger partial charge on any atom is 0.434 e. The van der Waals surface area contributed by atoms with Crippen LogP contribution in [0, 0.1) is 13.8 Å². The molecule has 164 valence electrons. The summed E-state index contributed by atoms with van der Waals surface area (Å²) in [6.45, 7) is 3.52. The first-order chi connectivity index (χ1) is 15.1. The summed E-state index contributed by atoms with van der Waals surface area (Å²) >= 11 is 5.90. The highest BCUT2D eigenvalue weighted by Gasteiger charge is 2.40. The number of amides is 1. The third kappa shape index (κ3) is 4.06. The third-order valence-corrected chi connectivity index (χ3v) is 4.89. The Morgan fingerprint density at radius 3 is 2.53 bits per heavy atom. The van der Waals surface area contributed by atoms with Gasteiger partial charge in [0.15, 0.2) is 11.5 Å². The van der Waals surface area contributed by atoms with Crippen LogP contribution in [0.4, 0.5) is 18.9 Å². The largest absolute Gasteiger partial charge is 0.434 e. The fraction of sp³-hybridized carbons (Fsp3) is 0.150. The minimum atomic E-state index is -4.84. The first-order valence-corrected chi connectivity index (χ1v) is 9.61. The zero-order chi connectivity index (χ0) is 23.0. The molecule has 0 atom stereocenters. The lowest BCUT2D eigenvalue weighted by molar-refractivity contribution is -0.143. The van der Waals surface area contributed by atoms with Crippen molar-refractivity contribution in [1.82, 2.24) is 30.0 Å². The van der Waals surface area contributed by atoms with Gasteiger partial charge in [0.05, 0.1) is 23.1 Å². The van der Waals surface area contributed by atoms with E-state index in [0.29, 0.717) is 16.2 Å². The van der Waals surface area contributed by atoms with Crippen molar-refractivity contribution in [2.75, 3.05) is 5.32 Å². The van der Waals surface area contributed by atoms with E-state index < -0.39 is 23.3 Å². The molecular weight excluding hydrogens is 447 g/mol. The number of hydrogen-bond donors (Lipinski definition) is 1. The average molecular weight is 462 g/mol. The molecule has 2 heterocycles. The normalized spacial score (nSPS) is 11.6. The van der Waals surface area contributed by atoms with E-state index in [1.54, 1.807) is 25.1 Å². The minimum Gasteiger partial charge on any atom is -0.322 e. The van der Waals surface area contributed by atoms with Crippen LogP contribution in [0.5, 0.6) is 0 Å². The topological polar surface area (TPSA) is 90.5 Å². The predicted molar refractivity (Wildman–Crippen MR) is 110 cm³/mol. The molecule has 4 rings (SSSR count). The first kappa shape index (κ1) is 21.5. The van der Waals surface area contributed by atoms with E-state index in [0.717, 1.165) is 11.8 Å². The molecule has 0 aliphatic carbocycles. The highest BCUT2D eigenvalue weighted by atomic mass is 35.5. The number of alkyl halides is 3. The quantitative estimate of drug-likeness (QED) is 0.487. The summed E-state index contributed by atoms with van der Waals surface area (Å²) in [5.74, 6) is -0.451. The van der Waals surface area contributed by atoms with Crippen molar-refractivity contribution < 1.29 is 18.0 Å². The number of nitrogens with zero attached hydrogens (tertiary/aromatic N) is 6. The van der Waals surface area contributed by atoms with Crippen LogP contribution in [0.3, 0.4) is 0 Å². The predicted octanol–water partition coefficient (Wildman–Crippen LogP) is 4.39. The second kappa shape index (κ2) is 8.08. The lowest BCUT2D eigenvalue weighted by Crippen LogP contribution is -2.21. The van der Waals surface area contributed by atoms with E-state index in [2.05, 4.69) is 25.9 Å². The van der Waals surface area contributed by atoms with Crippen molar-refractivity contribution in [3.63, 3.8) is 0 Å². The molecule has 0 aliphatic rings. The van der Waals surface area contributed by atoms with Gasteiger partial charge in [0.2, 0.25) is 0 Å². The van der Waals surface area contributed by atoms with E-state index >= 15 is 0 Å². The second-order valence-electron chi connectivity index (χ2n) is 6.89. The lowest BCUT2D eigenvalue weighted by Gasteiger charge is -2.14. The number of carbonyl (C=O) groups excluding carboxylic acids is 1. The van der Waals surface area contributed by atoms with Crippen LogP contribution in [0.2, 0.25) is 5.02 Å². The van der Waals surface area contributed by atoms with Gasteiger partial charge in [-0.15, -0.1) is 5.10 Å². The number of aryl methyl sites for hydroxylation is 2. The molecule has 2 aromatic heterocycles. The maximum atomic E-state index is 13.9. The molecule has 8 nitrogen and oxygen atoms in total. The molecule has 0 unspecified atom stereocenters. The van der Waals surface area contributed by atoms with Crippen LogP contribution in [-0.4, -0.2) is 35.9 Å². The molecule has 1 amide bonds. The zero-order valence-electron chi connectivity index (χ0n) is 16.7. The Morgan fingerprint density at radius 2 is 1.88 bits per heavy atom. The molecule has 0 fully saturated rings. The van der Waals surface area contributed by atoms with Crippen LogP contribution in [-0.2, 0) is 6.18 Å². The highest BCUT2D eigenvalue weighted by molar-refractivity contribution is 6.30. The van der Waals surface area contributed by atoms with Crippen molar-refractivity contribution in [3.8, 4) is 11.4 Å². The average Bonchev–Trinajstić information content (AvgIpc) is 3.36. The monoisotopic (exact) mass is 461 g/mol. The molecule has 1 N–H and O–H groups in total. The van der Waals surface area contributed by atoms with Gasteiger partial charge in [-0.2, -0.15) is 23.0 Å². The van der Waals surface area contributed by atoms with Gasteiger partial charge < -0.3 is 5.32 Å². The summed E-state index contributed by atoms with van der Waals surface area (Å²) in [7, 11) is 0. The van der Waals surface area contributed by atoms with Crippen LogP contribution in [0.25, 0.3) is 11.4 Å². The SMILES string of the molecule is Cc1ccc(NC(=O)c2cnn(-c3cccc(Cl)c3)c2C(F)(F)F)cc1-n1nnnc1C. The number of nitrogens with one attached hydrogen (secondary N) is 1. The number of aromatic nitrogens is 6. The van der Waals surface area contributed by atoms with E-state index in [4.69, 9.17) is 11.6 Å². The van der Waals surface area contributed by atoms with Gasteiger partial charge in [-0.05, 0) is 60.2 Å². The summed E-state index contributed by atoms with van der Waals surface area (Å²) in [6.07, 6.45) is -3.97. The van der Waals surface area contributed by atoms with Gasteiger partial charge in [0.1, 0.15) is 0 Å². The van der Waals surface area contributed by atoms with Gasteiger partial charge in [-0.25, -0.2) is 4.68 Å². The Balaban J connectivity index is 1.71. The van der Waals surface area contributed by atoms with Crippen LogP contribution < -0.4 is 5.32 Å². The standard InChI is InChI=1S/C20H15ClF3N7O/c1-11-6-7-14(9-17(11)30-12(2)27-28-29-30)26-19(32)16-10-25-31(18(16)20(22,23)24)15-5-3-4-13(21)8-15/h3-10H,1-2H3,(H,26,32). The van der Waals surface area contributed by atoms with Crippen molar-refractivity contribution in [3.05, 3.63) is 76.3 Å². The van der Waals surface area contributed by atoms with Gasteiger partial charge >= 0.3 is 6.18 Å². The van der Waals surface area contributed by atoms with Gasteiger partial charge in [0.25, 0.3) is 5.91 Å². The highest BCUT2D eigenvalue weighted by Crippen LogP contribution is 2.34. The first-order valence-electron chi connectivity index (χ1n) is 9.23. The molecule has 0 spiro atoms. The molecule has 0 radical (unpaired) electrons. The second-order valence-corrected chi connectivity index (χ2v) is 7.33. The molecule has 2 aromatic carbocycles. The minimum absolute atomic E-state index is 0.0793. The number of anilines is 1. The Morgan fingerprint density at radius 1 is 1.09 bits per heavy atom. The molecule has 12 heteroatoms. The van der Waals surface area contributed by atoms with Crippen LogP contribution in [0.1, 0.15) is 27.4 Å². The number of carbonyl (C=O) groups is 1. The number of rotatable bonds is 4. The summed E-state index contributed by atoms with van der Waals surface area (Å²) in [6, 6.07) is 10.6. The fourth-order valence-electron chi connectivity index (χ4n) is 3.16. The van der Waals surface area contributed by atoms with Gasteiger partial charge in [-0.1, -0.05) is 23.7 Å². The van der Waals surface area contributed by atoms with Gasteiger partial charge in [0, 0.05) is 10.7 Å². The number of benzene rings is 2. The van der Waals surface area contributed by atoms with E-state index in [1.165, 1.54) is 28.9 Å². The van der Waals surface area contributed by atoms with Crippen molar-refractivity contribution in [2.24, 2.45) is 0 Å². The molecule has 0 bridgehead atoms. The van der Waals surface area contributed by atoms with E-state index in [9.17, 15) is 18.0 Å². The van der Waals surface area contributed by atoms with E-state index in [-0.39, 0.29) is 16.4 Å². The number of tetrazole rings is 1. The smallest absolute Gasteiger partial charge is 0.322 e. The molecule has 4 aromatic rings. The third-order valence-electron chi connectivity index (χ3n) is 4.66. The molecule has 0 aliphatic heterocycles. The number of hydrogen-bond acceptors (Lipinski definition) is 5. The molecule has 32 heavy (non-hydrogen) atoms. The maximum absolute atomic E-state index is 13.9. The molecular formula is C20H15ClF3N7O. The zero-order valence-corrected chi connectivity index (χ0v) is 17.5. The van der Waals surface area contributed by atoms with Crippen LogP contribution >= 0.6 is 11.6 Å². The summed E-state index contributed by atoms with van der Waals surface area (Å²) < 4.78 is 43.7. The Labute approximate surface area is 184 Å². The Hall–Kier alpha value is -3.73. The van der Waals surface area contributed by atoms with Gasteiger partial charge in [-0.3, -0.25) is 4.79 Å². The van der Waals surface area contributed by atoms with E-state index in [1.807, 2.05) is 6.92 Å². The summed E-state index contributed by atoms with van der Waals surface area (Å²) in [4.78, 5) is 12.8. The van der Waals surface area contributed by atoms with Crippen LogP contribution in [0.15, 0.2) is 48.7 Å². The van der Waals surface area contributed by atoms with Crippen molar-refractivity contribution in [2.45, 2.75) is 20.0 Å².